The molecular weight excluding hydrogens is 340 g/mol. The largest absolute Gasteiger partial charge is 0.372 e. The minimum Gasteiger partial charge on any atom is -0.372 e. The van der Waals surface area contributed by atoms with Crippen LogP contribution in [0.2, 0.25) is 0 Å². The molecule has 0 radical (unpaired) electrons. The van der Waals surface area contributed by atoms with Gasteiger partial charge in [-0.1, -0.05) is 0 Å². The van der Waals surface area contributed by atoms with Gasteiger partial charge >= 0.3 is 0 Å². The van der Waals surface area contributed by atoms with E-state index in [1.54, 1.807) is 36.9 Å². The summed E-state index contributed by atoms with van der Waals surface area (Å²) in [6, 6.07) is 7.47. The van der Waals surface area contributed by atoms with Crippen LogP contribution in [-0.2, 0) is 30.9 Å². The highest BCUT2D eigenvalue weighted by atomic mass is 16.5. The van der Waals surface area contributed by atoms with Gasteiger partial charge in [0.2, 0.25) is 0 Å². The fourth-order valence-corrected chi connectivity index (χ4v) is 3.30. The highest BCUT2D eigenvalue weighted by Crippen LogP contribution is 2.23. The molecule has 0 N–H and O–H groups in total. The molecule has 4 rings (SSSR count). The molecule has 136 valence electrons. The first-order valence-corrected chi connectivity index (χ1v) is 8.92. The molecule has 4 heterocycles. The average molecular weight is 360 g/mol. The van der Waals surface area contributed by atoms with E-state index in [0.29, 0.717) is 31.9 Å². The monoisotopic (exact) mass is 360 g/mol. The molecule has 6 nitrogen and oxygen atoms in total. The molecule has 0 atom stereocenters. The Morgan fingerprint density at radius 3 is 2.70 bits per heavy atom. The van der Waals surface area contributed by atoms with Crippen molar-refractivity contribution < 1.29 is 9.53 Å². The van der Waals surface area contributed by atoms with Gasteiger partial charge < -0.3 is 9.64 Å². The summed E-state index contributed by atoms with van der Waals surface area (Å²) in [7, 11) is 0. The van der Waals surface area contributed by atoms with Crippen LogP contribution in [0.4, 0.5) is 0 Å². The second-order valence-electron chi connectivity index (χ2n) is 6.50. The lowest BCUT2D eigenvalue weighted by molar-refractivity contribution is 0.0731. The van der Waals surface area contributed by atoms with E-state index in [4.69, 9.17) is 4.74 Å². The second kappa shape index (κ2) is 8.05. The molecule has 0 aliphatic carbocycles. The number of fused-ring (bicyclic) bond motifs is 1. The van der Waals surface area contributed by atoms with Crippen molar-refractivity contribution in [2.75, 3.05) is 6.54 Å². The Bertz CT molecular complexity index is 916. The first-order valence-electron chi connectivity index (χ1n) is 8.92. The van der Waals surface area contributed by atoms with Gasteiger partial charge in [-0.25, -0.2) is 0 Å². The molecule has 3 aromatic rings. The number of ether oxygens (including phenoxy) is 1. The minimum atomic E-state index is 0.00749. The van der Waals surface area contributed by atoms with Crippen LogP contribution in [0, 0.1) is 0 Å². The van der Waals surface area contributed by atoms with E-state index in [1.165, 1.54) is 5.56 Å². The van der Waals surface area contributed by atoms with E-state index in [9.17, 15) is 4.79 Å². The van der Waals surface area contributed by atoms with Crippen LogP contribution in [0.3, 0.4) is 0 Å². The summed E-state index contributed by atoms with van der Waals surface area (Å²) in [6.45, 7) is 2.29. The molecule has 6 heteroatoms. The SMILES string of the molecule is O=C(c1cccnc1)N1CCc2c(COCc3ccncc3)cncc2C1. The van der Waals surface area contributed by atoms with Crippen LogP contribution in [0.5, 0.6) is 0 Å². The molecule has 0 spiro atoms. The van der Waals surface area contributed by atoms with Crippen molar-refractivity contribution in [2.24, 2.45) is 0 Å². The maximum Gasteiger partial charge on any atom is 0.255 e. The molecule has 0 bridgehead atoms. The van der Waals surface area contributed by atoms with E-state index in [1.807, 2.05) is 29.4 Å². The Morgan fingerprint density at radius 1 is 1.00 bits per heavy atom. The van der Waals surface area contributed by atoms with Gasteiger partial charge in [-0.2, -0.15) is 0 Å². The fourth-order valence-electron chi connectivity index (χ4n) is 3.30. The summed E-state index contributed by atoms with van der Waals surface area (Å²) in [4.78, 5) is 26.9. The zero-order chi connectivity index (χ0) is 18.5. The normalized spacial score (nSPS) is 13.3. The maximum absolute atomic E-state index is 12.7. The van der Waals surface area contributed by atoms with E-state index in [2.05, 4.69) is 15.0 Å². The minimum absolute atomic E-state index is 0.00749. The van der Waals surface area contributed by atoms with Crippen molar-refractivity contribution in [3.63, 3.8) is 0 Å². The Kier molecular flexibility index (Phi) is 5.16. The molecule has 1 amide bonds. The van der Waals surface area contributed by atoms with E-state index in [0.717, 1.165) is 23.1 Å². The topological polar surface area (TPSA) is 68.2 Å². The van der Waals surface area contributed by atoms with Gasteiger partial charge in [0.15, 0.2) is 0 Å². The summed E-state index contributed by atoms with van der Waals surface area (Å²) in [5, 5.41) is 0. The van der Waals surface area contributed by atoms with E-state index < -0.39 is 0 Å². The summed E-state index contributed by atoms with van der Waals surface area (Å²) in [5.74, 6) is 0.00749. The fraction of sp³-hybridized carbons (Fsp3) is 0.238. The zero-order valence-electron chi connectivity index (χ0n) is 14.9. The first-order chi connectivity index (χ1) is 13.3. The summed E-state index contributed by atoms with van der Waals surface area (Å²) < 4.78 is 5.86. The van der Waals surface area contributed by atoms with Crippen LogP contribution in [0.1, 0.15) is 32.6 Å². The number of rotatable bonds is 5. The molecule has 0 fully saturated rings. The predicted molar refractivity (Wildman–Crippen MR) is 99.6 cm³/mol. The Labute approximate surface area is 157 Å². The van der Waals surface area contributed by atoms with Crippen LogP contribution >= 0.6 is 0 Å². The molecule has 1 aliphatic heterocycles. The second-order valence-corrected chi connectivity index (χ2v) is 6.50. The third-order valence-electron chi connectivity index (χ3n) is 4.70. The number of nitrogens with zero attached hydrogens (tertiary/aromatic N) is 4. The molecular formula is C21H20N4O2. The lowest BCUT2D eigenvalue weighted by Crippen LogP contribution is -2.36. The van der Waals surface area contributed by atoms with Crippen LogP contribution in [0.25, 0.3) is 0 Å². The van der Waals surface area contributed by atoms with Crippen LogP contribution in [-0.4, -0.2) is 32.3 Å². The highest BCUT2D eigenvalue weighted by molar-refractivity contribution is 5.94. The molecule has 0 saturated carbocycles. The maximum atomic E-state index is 12.7. The Balaban J connectivity index is 1.43. The number of hydrogen-bond donors (Lipinski definition) is 0. The molecule has 0 unspecified atom stereocenters. The lowest BCUT2D eigenvalue weighted by atomic mass is 9.97. The van der Waals surface area contributed by atoms with Gasteiger partial charge in [-0.3, -0.25) is 19.7 Å². The van der Waals surface area contributed by atoms with Gasteiger partial charge in [0.1, 0.15) is 0 Å². The van der Waals surface area contributed by atoms with Crippen LogP contribution in [0.15, 0.2) is 61.4 Å². The van der Waals surface area contributed by atoms with E-state index >= 15 is 0 Å². The summed E-state index contributed by atoms with van der Waals surface area (Å²) in [5.41, 5.74) is 5.13. The Morgan fingerprint density at radius 2 is 1.89 bits per heavy atom. The van der Waals surface area contributed by atoms with Crippen molar-refractivity contribution in [1.82, 2.24) is 19.9 Å². The van der Waals surface area contributed by atoms with Crippen molar-refractivity contribution in [2.45, 2.75) is 26.2 Å². The van der Waals surface area contributed by atoms with E-state index in [-0.39, 0.29) is 5.91 Å². The van der Waals surface area contributed by atoms with Crippen molar-refractivity contribution >= 4 is 5.91 Å². The standard InChI is InChI=1S/C21H20N4O2/c26-21(17-2-1-6-23-10-17)25-9-5-20-18(13-25)11-24-12-19(20)15-27-14-16-3-7-22-8-4-16/h1-4,6-8,10-12H,5,9,13-15H2. The zero-order valence-corrected chi connectivity index (χ0v) is 14.9. The molecule has 0 aromatic carbocycles. The van der Waals surface area contributed by atoms with Crippen molar-refractivity contribution in [3.8, 4) is 0 Å². The number of carbonyl (C=O) groups is 1. The molecule has 0 saturated heterocycles. The highest BCUT2D eigenvalue weighted by Gasteiger charge is 2.23. The average Bonchev–Trinajstić information content (AvgIpc) is 2.74. The van der Waals surface area contributed by atoms with Gasteiger partial charge in [-0.15, -0.1) is 0 Å². The summed E-state index contributed by atoms with van der Waals surface area (Å²) in [6.07, 6.45) is 11.3. The van der Waals surface area contributed by atoms with Gasteiger partial charge in [0.25, 0.3) is 5.91 Å². The van der Waals surface area contributed by atoms with Crippen LogP contribution < -0.4 is 0 Å². The molecule has 27 heavy (non-hydrogen) atoms. The van der Waals surface area contributed by atoms with Gasteiger partial charge in [0.05, 0.1) is 18.8 Å². The third kappa shape index (κ3) is 4.01. The molecule has 3 aromatic heterocycles. The number of pyridine rings is 3. The molecule has 1 aliphatic rings. The first kappa shape index (κ1) is 17.3. The van der Waals surface area contributed by atoms with Gasteiger partial charge in [-0.05, 0) is 52.9 Å². The Hall–Kier alpha value is -3.12. The third-order valence-corrected chi connectivity index (χ3v) is 4.70. The summed E-state index contributed by atoms with van der Waals surface area (Å²) >= 11 is 0. The number of amides is 1. The van der Waals surface area contributed by atoms with Gasteiger partial charge in [0, 0.05) is 50.3 Å². The van der Waals surface area contributed by atoms with Crippen molar-refractivity contribution in [3.05, 3.63) is 89.3 Å². The van der Waals surface area contributed by atoms with Crippen molar-refractivity contribution in [1.29, 1.82) is 0 Å². The quantitative estimate of drug-likeness (QED) is 0.700. The predicted octanol–water partition coefficient (Wildman–Crippen LogP) is 2.79. The lowest BCUT2D eigenvalue weighted by Gasteiger charge is -2.30. The number of aromatic nitrogens is 3. The number of hydrogen-bond acceptors (Lipinski definition) is 5. The number of carbonyl (C=O) groups excluding carboxylic acids is 1. The smallest absolute Gasteiger partial charge is 0.255 e.